The van der Waals surface area contributed by atoms with E-state index in [0.29, 0.717) is 25.4 Å². The molecule has 1 aromatic carbocycles. The number of carbonyl (C=O) groups is 1. The molecule has 7 heteroatoms. The van der Waals surface area contributed by atoms with E-state index in [1.54, 1.807) is 31.2 Å². The zero-order chi connectivity index (χ0) is 19.3. The average molecular weight is 383 g/mol. The number of rotatable bonds is 12. The van der Waals surface area contributed by atoms with Crippen molar-refractivity contribution < 1.29 is 23.1 Å². The minimum absolute atomic E-state index is 0.0812. The smallest absolute Gasteiger partial charge is 0.339 e. The second kappa shape index (κ2) is 12.8. The standard InChI is InChI=1S/C19H30NO5P/c1-4-7-14-24-26(22,25-15-8-5-2)16-18(23-6-3)20-19(21)17-12-10-9-11-13-17/h9-13H,4-8,14-16H2,1-3H3. The van der Waals surface area contributed by atoms with Gasteiger partial charge in [-0.3, -0.25) is 9.36 Å². The first kappa shape index (κ1) is 22.6. The second-order valence-corrected chi connectivity index (χ2v) is 7.81. The lowest BCUT2D eigenvalue weighted by molar-refractivity contribution is 0.0999. The topological polar surface area (TPSA) is 74.2 Å². The molecule has 26 heavy (non-hydrogen) atoms. The molecule has 0 atom stereocenters. The van der Waals surface area contributed by atoms with Crippen LogP contribution in [0.4, 0.5) is 0 Å². The van der Waals surface area contributed by atoms with Crippen LogP contribution in [0.2, 0.25) is 0 Å². The van der Waals surface area contributed by atoms with Crippen molar-refractivity contribution in [3.05, 3.63) is 35.9 Å². The van der Waals surface area contributed by atoms with Crippen LogP contribution in [0.5, 0.6) is 0 Å². The summed E-state index contributed by atoms with van der Waals surface area (Å²) in [6.07, 6.45) is 3.27. The summed E-state index contributed by atoms with van der Waals surface area (Å²) in [5.74, 6) is -0.361. The highest BCUT2D eigenvalue weighted by Gasteiger charge is 2.28. The van der Waals surface area contributed by atoms with Crippen molar-refractivity contribution in [2.24, 2.45) is 4.99 Å². The Morgan fingerprint density at radius 1 is 1.00 bits per heavy atom. The summed E-state index contributed by atoms with van der Waals surface area (Å²) in [6, 6.07) is 8.68. The molecule has 0 heterocycles. The number of hydrogen-bond donors (Lipinski definition) is 0. The van der Waals surface area contributed by atoms with Crippen LogP contribution in [0.15, 0.2) is 35.3 Å². The number of carbonyl (C=O) groups excluding carboxylic acids is 1. The van der Waals surface area contributed by atoms with Crippen molar-refractivity contribution in [1.29, 1.82) is 0 Å². The van der Waals surface area contributed by atoms with Gasteiger partial charge in [-0.1, -0.05) is 44.9 Å². The summed E-state index contributed by atoms with van der Waals surface area (Å²) in [6.45, 7) is 6.82. The summed E-state index contributed by atoms with van der Waals surface area (Å²) in [4.78, 5) is 16.3. The maximum absolute atomic E-state index is 13.0. The number of ether oxygens (including phenoxy) is 1. The van der Waals surface area contributed by atoms with Gasteiger partial charge in [-0.05, 0) is 31.9 Å². The Hall–Kier alpha value is -1.49. The van der Waals surface area contributed by atoms with Crippen LogP contribution in [0.25, 0.3) is 0 Å². The predicted molar refractivity (Wildman–Crippen MR) is 104 cm³/mol. The Morgan fingerprint density at radius 3 is 2.08 bits per heavy atom. The molecule has 1 rings (SSSR count). The van der Waals surface area contributed by atoms with Crippen molar-refractivity contribution in [2.75, 3.05) is 26.0 Å². The van der Waals surface area contributed by atoms with Gasteiger partial charge in [-0.15, -0.1) is 0 Å². The number of hydrogen-bond acceptors (Lipinski definition) is 5. The molecule has 146 valence electrons. The van der Waals surface area contributed by atoms with Gasteiger partial charge in [0.15, 0.2) is 0 Å². The van der Waals surface area contributed by atoms with Gasteiger partial charge in [-0.25, -0.2) is 0 Å². The van der Waals surface area contributed by atoms with Gasteiger partial charge in [0.25, 0.3) is 5.91 Å². The molecule has 0 radical (unpaired) electrons. The van der Waals surface area contributed by atoms with Gasteiger partial charge in [0.05, 0.1) is 19.8 Å². The highest BCUT2D eigenvalue weighted by molar-refractivity contribution is 7.54. The van der Waals surface area contributed by atoms with E-state index in [0.717, 1.165) is 25.7 Å². The van der Waals surface area contributed by atoms with Crippen LogP contribution in [-0.2, 0) is 18.3 Å². The van der Waals surface area contributed by atoms with Crippen molar-refractivity contribution in [3.8, 4) is 0 Å². The highest BCUT2D eigenvalue weighted by atomic mass is 31.2. The normalized spacial score (nSPS) is 12.2. The van der Waals surface area contributed by atoms with Crippen LogP contribution in [0.1, 0.15) is 56.8 Å². The minimum atomic E-state index is -3.42. The quantitative estimate of drug-likeness (QED) is 0.218. The van der Waals surface area contributed by atoms with E-state index in [-0.39, 0.29) is 12.1 Å². The van der Waals surface area contributed by atoms with Gasteiger partial charge in [0, 0.05) is 5.56 Å². The molecule has 0 saturated heterocycles. The lowest BCUT2D eigenvalue weighted by atomic mass is 10.2. The van der Waals surface area contributed by atoms with E-state index in [4.69, 9.17) is 13.8 Å². The number of unbranched alkanes of at least 4 members (excludes halogenated alkanes) is 2. The summed E-state index contributed by atoms with van der Waals surface area (Å²) >= 11 is 0. The molecule has 0 aliphatic heterocycles. The second-order valence-electron chi connectivity index (χ2n) is 5.75. The zero-order valence-corrected chi connectivity index (χ0v) is 16.9. The van der Waals surface area contributed by atoms with Gasteiger partial charge in [0.2, 0.25) is 5.90 Å². The summed E-state index contributed by atoms with van der Waals surface area (Å²) < 4.78 is 29.6. The third-order valence-electron chi connectivity index (χ3n) is 3.46. The van der Waals surface area contributed by atoms with Crippen LogP contribution in [0, 0.1) is 0 Å². The van der Waals surface area contributed by atoms with Gasteiger partial charge in [0.1, 0.15) is 6.16 Å². The average Bonchev–Trinajstić information content (AvgIpc) is 2.63. The van der Waals surface area contributed by atoms with E-state index in [1.807, 2.05) is 19.9 Å². The number of amides is 1. The Bertz CT molecular complexity index is 589. The molecule has 0 saturated carbocycles. The van der Waals surface area contributed by atoms with E-state index in [2.05, 4.69) is 4.99 Å². The fourth-order valence-electron chi connectivity index (χ4n) is 2.03. The molecule has 0 N–H and O–H groups in total. The molecule has 0 unspecified atom stereocenters. The zero-order valence-electron chi connectivity index (χ0n) is 16.0. The van der Waals surface area contributed by atoms with Crippen LogP contribution >= 0.6 is 7.60 Å². The van der Waals surface area contributed by atoms with Gasteiger partial charge in [-0.2, -0.15) is 4.99 Å². The van der Waals surface area contributed by atoms with Crippen LogP contribution < -0.4 is 0 Å². The van der Waals surface area contributed by atoms with Crippen molar-refractivity contribution in [1.82, 2.24) is 0 Å². The monoisotopic (exact) mass is 383 g/mol. The van der Waals surface area contributed by atoms with E-state index in [9.17, 15) is 9.36 Å². The highest BCUT2D eigenvalue weighted by Crippen LogP contribution is 2.48. The number of benzene rings is 1. The molecule has 1 amide bonds. The lowest BCUT2D eigenvalue weighted by Gasteiger charge is -2.19. The molecule has 0 aliphatic rings. The Labute approximate surface area is 156 Å². The van der Waals surface area contributed by atoms with Crippen molar-refractivity contribution in [2.45, 2.75) is 46.5 Å². The maximum atomic E-state index is 13.0. The van der Waals surface area contributed by atoms with Crippen molar-refractivity contribution in [3.63, 3.8) is 0 Å². The summed E-state index contributed by atoms with van der Waals surface area (Å²) in [7, 11) is -3.42. The third kappa shape index (κ3) is 8.75. The van der Waals surface area contributed by atoms with Crippen molar-refractivity contribution >= 4 is 19.4 Å². The molecular formula is C19H30NO5P. The molecule has 0 spiro atoms. The van der Waals surface area contributed by atoms with E-state index in [1.165, 1.54) is 0 Å². The molecular weight excluding hydrogens is 353 g/mol. The van der Waals surface area contributed by atoms with Crippen LogP contribution in [-0.4, -0.2) is 37.8 Å². The molecule has 6 nitrogen and oxygen atoms in total. The Balaban J connectivity index is 2.90. The van der Waals surface area contributed by atoms with Crippen LogP contribution in [0.3, 0.4) is 0 Å². The lowest BCUT2D eigenvalue weighted by Crippen LogP contribution is -2.16. The molecule has 0 aromatic heterocycles. The largest absolute Gasteiger partial charge is 0.480 e. The fourth-order valence-corrected chi connectivity index (χ4v) is 3.59. The fraction of sp³-hybridized carbons (Fsp3) is 0.579. The minimum Gasteiger partial charge on any atom is -0.480 e. The van der Waals surface area contributed by atoms with E-state index < -0.39 is 13.5 Å². The summed E-state index contributed by atoms with van der Waals surface area (Å²) in [5, 5.41) is 0. The Kier molecular flexibility index (Phi) is 11.1. The maximum Gasteiger partial charge on any atom is 0.339 e. The molecule has 1 aromatic rings. The number of aliphatic imine (C=N–C) groups is 1. The molecule has 0 bridgehead atoms. The first-order valence-electron chi connectivity index (χ1n) is 9.22. The van der Waals surface area contributed by atoms with Gasteiger partial charge >= 0.3 is 7.60 Å². The SMILES string of the molecule is CCCCOP(=O)(CC(=NC(=O)c1ccccc1)OCC)OCCCC. The van der Waals surface area contributed by atoms with E-state index >= 15 is 0 Å². The molecule has 0 aliphatic carbocycles. The Morgan fingerprint density at radius 2 is 1.58 bits per heavy atom. The third-order valence-corrected chi connectivity index (χ3v) is 5.27. The first-order chi connectivity index (χ1) is 12.5. The predicted octanol–water partition coefficient (Wildman–Crippen LogP) is 5.09. The first-order valence-corrected chi connectivity index (χ1v) is 10.9. The summed E-state index contributed by atoms with van der Waals surface area (Å²) in [5.41, 5.74) is 0.443. The number of nitrogens with zero attached hydrogens (tertiary/aromatic N) is 1. The van der Waals surface area contributed by atoms with Gasteiger partial charge < -0.3 is 13.8 Å². The molecule has 0 fully saturated rings.